The minimum atomic E-state index is -0.633. The molecule has 2 rings (SSSR count). The van der Waals surface area contributed by atoms with Crippen LogP contribution in [-0.2, 0) is 0 Å². The Kier molecular flexibility index (Phi) is 2.14. The zero-order valence-corrected chi connectivity index (χ0v) is 7.31. The third-order valence-corrected chi connectivity index (χ3v) is 1.92. The summed E-state index contributed by atoms with van der Waals surface area (Å²) in [4.78, 5) is 4.00. The monoisotopic (exact) mass is 189 g/mol. The summed E-state index contributed by atoms with van der Waals surface area (Å²) in [6.45, 7) is 0. The van der Waals surface area contributed by atoms with Crippen molar-refractivity contribution in [2.45, 2.75) is 0 Å². The van der Waals surface area contributed by atoms with E-state index in [1.54, 1.807) is 36.5 Å². The number of benzene rings is 1. The molecule has 0 aliphatic heterocycles. The number of hydrogen-bond donors (Lipinski definition) is 1. The second-order valence-corrected chi connectivity index (χ2v) is 2.85. The van der Waals surface area contributed by atoms with Crippen LogP contribution >= 0.6 is 0 Å². The molecule has 1 N–H and O–H groups in total. The Bertz CT molecular complexity index is 442. The molecule has 70 valence electrons. The quantitative estimate of drug-likeness (QED) is 0.747. The third-order valence-electron chi connectivity index (χ3n) is 1.92. The Hall–Kier alpha value is -1.90. The van der Waals surface area contributed by atoms with Gasteiger partial charge in [0.2, 0.25) is 0 Å². The predicted molar refractivity (Wildman–Crippen MR) is 51.3 cm³/mol. The van der Waals surface area contributed by atoms with Gasteiger partial charge in [0.15, 0.2) is 11.6 Å². The SMILES string of the molecule is Oc1cccc(-c2ccccn2)c1F. The van der Waals surface area contributed by atoms with Crippen LogP contribution < -0.4 is 0 Å². The average Bonchev–Trinajstić information content (AvgIpc) is 2.23. The lowest BCUT2D eigenvalue weighted by Gasteiger charge is -2.02. The maximum atomic E-state index is 13.4. The first kappa shape index (κ1) is 8.69. The summed E-state index contributed by atoms with van der Waals surface area (Å²) in [6, 6.07) is 9.69. The molecule has 0 aliphatic rings. The van der Waals surface area contributed by atoms with Gasteiger partial charge >= 0.3 is 0 Å². The number of pyridine rings is 1. The number of rotatable bonds is 1. The van der Waals surface area contributed by atoms with Gasteiger partial charge in [0.25, 0.3) is 0 Å². The molecule has 0 radical (unpaired) electrons. The van der Waals surface area contributed by atoms with Crippen LogP contribution in [0.25, 0.3) is 11.3 Å². The second-order valence-electron chi connectivity index (χ2n) is 2.85. The molecule has 2 aromatic rings. The fourth-order valence-electron chi connectivity index (χ4n) is 1.24. The topological polar surface area (TPSA) is 33.1 Å². The van der Waals surface area contributed by atoms with Crippen LogP contribution in [0.3, 0.4) is 0 Å². The molecule has 2 nitrogen and oxygen atoms in total. The van der Waals surface area contributed by atoms with Crippen molar-refractivity contribution in [2.24, 2.45) is 0 Å². The summed E-state index contributed by atoms with van der Waals surface area (Å²) in [5, 5.41) is 9.16. The molecule has 3 heteroatoms. The van der Waals surface area contributed by atoms with Crippen molar-refractivity contribution in [3.63, 3.8) is 0 Å². The summed E-state index contributed by atoms with van der Waals surface area (Å²) >= 11 is 0. The van der Waals surface area contributed by atoms with Crippen molar-refractivity contribution in [1.29, 1.82) is 0 Å². The molecule has 0 unspecified atom stereocenters. The molecule has 1 aromatic carbocycles. The molecule has 0 bridgehead atoms. The molecular formula is C11H8FNO. The largest absolute Gasteiger partial charge is 0.505 e. The van der Waals surface area contributed by atoms with Gasteiger partial charge in [0.1, 0.15) is 0 Å². The minimum absolute atomic E-state index is 0.311. The van der Waals surface area contributed by atoms with Gasteiger partial charge < -0.3 is 5.11 Å². The first-order valence-electron chi connectivity index (χ1n) is 4.18. The van der Waals surface area contributed by atoms with Crippen molar-refractivity contribution in [3.05, 3.63) is 48.4 Å². The Morgan fingerprint density at radius 3 is 2.64 bits per heavy atom. The van der Waals surface area contributed by atoms with Crippen molar-refractivity contribution in [1.82, 2.24) is 4.98 Å². The van der Waals surface area contributed by atoms with Gasteiger partial charge in [-0.05, 0) is 24.3 Å². The van der Waals surface area contributed by atoms with E-state index in [1.807, 2.05) is 0 Å². The highest BCUT2D eigenvalue weighted by atomic mass is 19.1. The van der Waals surface area contributed by atoms with Crippen LogP contribution in [0.5, 0.6) is 5.75 Å². The number of phenolic OH excluding ortho intramolecular Hbond substituents is 1. The van der Waals surface area contributed by atoms with Crippen molar-refractivity contribution in [2.75, 3.05) is 0 Å². The van der Waals surface area contributed by atoms with Crippen molar-refractivity contribution in [3.8, 4) is 17.0 Å². The first-order valence-corrected chi connectivity index (χ1v) is 4.18. The molecule has 0 aliphatic carbocycles. The lowest BCUT2D eigenvalue weighted by Crippen LogP contribution is -1.86. The van der Waals surface area contributed by atoms with E-state index in [2.05, 4.69) is 4.98 Å². The number of aromatic hydroxyl groups is 1. The maximum Gasteiger partial charge on any atom is 0.174 e. The number of hydrogen-bond acceptors (Lipinski definition) is 2. The normalized spacial score (nSPS) is 10.1. The zero-order chi connectivity index (χ0) is 9.97. The van der Waals surface area contributed by atoms with Crippen LogP contribution in [0.15, 0.2) is 42.6 Å². The van der Waals surface area contributed by atoms with Gasteiger partial charge in [-0.1, -0.05) is 12.1 Å². The second kappa shape index (κ2) is 3.46. The zero-order valence-electron chi connectivity index (χ0n) is 7.31. The fraction of sp³-hybridized carbons (Fsp3) is 0. The minimum Gasteiger partial charge on any atom is -0.505 e. The van der Waals surface area contributed by atoms with E-state index in [-0.39, 0.29) is 5.75 Å². The fourth-order valence-corrected chi connectivity index (χ4v) is 1.24. The molecule has 0 spiro atoms. The molecule has 0 saturated heterocycles. The van der Waals surface area contributed by atoms with Gasteiger partial charge in [-0.15, -0.1) is 0 Å². The Morgan fingerprint density at radius 2 is 1.93 bits per heavy atom. The predicted octanol–water partition coefficient (Wildman–Crippen LogP) is 2.59. The van der Waals surface area contributed by atoms with Crippen molar-refractivity contribution < 1.29 is 9.50 Å². The smallest absolute Gasteiger partial charge is 0.174 e. The highest BCUT2D eigenvalue weighted by molar-refractivity contribution is 5.61. The number of halogens is 1. The molecular weight excluding hydrogens is 181 g/mol. The number of nitrogens with zero attached hydrogens (tertiary/aromatic N) is 1. The Morgan fingerprint density at radius 1 is 1.07 bits per heavy atom. The van der Waals surface area contributed by atoms with E-state index in [4.69, 9.17) is 5.11 Å². The molecule has 0 fully saturated rings. The summed E-state index contributed by atoms with van der Waals surface area (Å²) in [6.07, 6.45) is 1.58. The van der Waals surface area contributed by atoms with Crippen LogP contribution in [0.2, 0.25) is 0 Å². The van der Waals surface area contributed by atoms with Crippen LogP contribution in [-0.4, -0.2) is 10.1 Å². The van der Waals surface area contributed by atoms with Crippen LogP contribution in [0.1, 0.15) is 0 Å². The lowest BCUT2D eigenvalue weighted by atomic mass is 10.1. The first-order chi connectivity index (χ1) is 6.79. The standard InChI is InChI=1S/C11H8FNO/c12-11-8(4-3-6-10(11)14)9-5-1-2-7-13-9/h1-7,14H. The molecule has 1 heterocycles. The number of phenols is 1. The van der Waals surface area contributed by atoms with Gasteiger partial charge in [0, 0.05) is 11.8 Å². The van der Waals surface area contributed by atoms with Gasteiger partial charge in [-0.3, -0.25) is 4.98 Å². The third kappa shape index (κ3) is 1.44. The van der Waals surface area contributed by atoms with Crippen LogP contribution in [0, 0.1) is 5.82 Å². The molecule has 1 aromatic heterocycles. The lowest BCUT2D eigenvalue weighted by molar-refractivity contribution is 0.433. The van der Waals surface area contributed by atoms with Crippen LogP contribution in [0.4, 0.5) is 4.39 Å². The van der Waals surface area contributed by atoms with E-state index in [0.29, 0.717) is 11.3 Å². The van der Waals surface area contributed by atoms with Gasteiger partial charge in [-0.2, -0.15) is 0 Å². The van der Waals surface area contributed by atoms with Gasteiger partial charge in [-0.25, -0.2) is 4.39 Å². The van der Waals surface area contributed by atoms with E-state index in [9.17, 15) is 4.39 Å². The van der Waals surface area contributed by atoms with E-state index < -0.39 is 5.82 Å². The Labute approximate surface area is 80.7 Å². The summed E-state index contributed by atoms with van der Waals surface area (Å²) < 4.78 is 13.4. The molecule has 0 saturated carbocycles. The van der Waals surface area contributed by atoms with E-state index in [1.165, 1.54) is 6.07 Å². The molecule has 0 atom stereocenters. The summed E-state index contributed by atoms with van der Waals surface area (Å²) in [5.41, 5.74) is 0.825. The van der Waals surface area contributed by atoms with Crippen molar-refractivity contribution >= 4 is 0 Å². The molecule has 14 heavy (non-hydrogen) atoms. The highest BCUT2D eigenvalue weighted by Gasteiger charge is 2.08. The maximum absolute atomic E-state index is 13.4. The highest BCUT2D eigenvalue weighted by Crippen LogP contribution is 2.26. The number of aromatic nitrogens is 1. The van der Waals surface area contributed by atoms with Gasteiger partial charge in [0.05, 0.1) is 5.69 Å². The summed E-state index contributed by atoms with van der Waals surface area (Å²) in [7, 11) is 0. The van der Waals surface area contributed by atoms with E-state index in [0.717, 1.165) is 0 Å². The summed E-state index contributed by atoms with van der Waals surface area (Å²) in [5.74, 6) is -0.987. The molecule has 0 amide bonds. The van der Waals surface area contributed by atoms with E-state index >= 15 is 0 Å². The average molecular weight is 189 g/mol. The Balaban J connectivity index is 2.58.